The molecule has 0 bridgehead atoms. The van der Waals surface area contributed by atoms with Gasteiger partial charge in [0.15, 0.2) is 0 Å². The average molecular weight is 301 g/mol. The Kier molecular flexibility index (Phi) is 3.54. The molecule has 1 atom stereocenters. The number of nitrogens with zero attached hydrogens (tertiary/aromatic N) is 2. The van der Waals surface area contributed by atoms with E-state index in [-0.39, 0.29) is 5.82 Å². The summed E-state index contributed by atoms with van der Waals surface area (Å²) >= 11 is 3.23. The van der Waals surface area contributed by atoms with Crippen molar-refractivity contribution in [3.8, 4) is 11.4 Å². The van der Waals surface area contributed by atoms with Crippen LogP contribution in [-0.4, -0.2) is 21.4 Å². The molecule has 6 heteroatoms. The lowest BCUT2D eigenvalue weighted by Crippen LogP contribution is -2.04. The third-order valence-corrected chi connectivity index (χ3v) is 2.77. The summed E-state index contributed by atoms with van der Waals surface area (Å²) in [6.07, 6.45) is -0.244. The van der Waals surface area contributed by atoms with Crippen molar-refractivity contribution in [1.82, 2.24) is 10.1 Å². The third kappa shape index (κ3) is 2.89. The Balaban J connectivity index is 2.30. The lowest BCUT2D eigenvalue weighted by molar-refractivity contribution is 0.181. The second-order valence-corrected chi connectivity index (χ2v) is 4.54. The Bertz CT molecular complexity index is 528. The van der Waals surface area contributed by atoms with Crippen LogP contribution in [0.5, 0.6) is 0 Å². The second-order valence-electron chi connectivity index (χ2n) is 3.69. The second kappa shape index (κ2) is 4.93. The van der Waals surface area contributed by atoms with Crippen molar-refractivity contribution in [3.63, 3.8) is 0 Å². The zero-order chi connectivity index (χ0) is 12.4. The van der Waals surface area contributed by atoms with Gasteiger partial charge in [-0.05, 0) is 41.1 Å². The molecule has 2 aromatic rings. The van der Waals surface area contributed by atoms with E-state index in [1.807, 2.05) is 0 Å². The van der Waals surface area contributed by atoms with Crippen molar-refractivity contribution in [2.75, 3.05) is 0 Å². The average Bonchev–Trinajstić information content (AvgIpc) is 2.65. The van der Waals surface area contributed by atoms with E-state index in [0.717, 1.165) is 0 Å². The predicted octanol–water partition coefficient (Wildman–Crippen LogP) is 2.56. The van der Waals surface area contributed by atoms with E-state index >= 15 is 0 Å². The summed E-state index contributed by atoms with van der Waals surface area (Å²) in [4.78, 5) is 4.12. The van der Waals surface area contributed by atoms with Crippen LogP contribution >= 0.6 is 15.9 Å². The zero-order valence-corrected chi connectivity index (χ0v) is 10.6. The topological polar surface area (TPSA) is 59.2 Å². The smallest absolute Gasteiger partial charge is 0.229 e. The molecule has 0 radical (unpaired) electrons. The fourth-order valence-electron chi connectivity index (χ4n) is 1.37. The maximum atomic E-state index is 12.9. The molecular formula is C11H10BrFN2O2. The van der Waals surface area contributed by atoms with Crippen LogP contribution < -0.4 is 0 Å². The van der Waals surface area contributed by atoms with E-state index in [1.54, 1.807) is 13.0 Å². The molecule has 0 amide bonds. The molecule has 2 rings (SSSR count). The Labute approximate surface area is 106 Å². The van der Waals surface area contributed by atoms with E-state index in [1.165, 1.54) is 12.1 Å². The molecule has 90 valence electrons. The number of aliphatic hydroxyl groups is 1. The van der Waals surface area contributed by atoms with E-state index in [2.05, 4.69) is 26.1 Å². The minimum Gasteiger partial charge on any atom is -0.393 e. The van der Waals surface area contributed by atoms with Gasteiger partial charge in [0.25, 0.3) is 0 Å². The van der Waals surface area contributed by atoms with Gasteiger partial charge in [0.2, 0.25) is 11.7 Å². The van der Waals surface area contributed by atoms with Gasteiger partial charge < -0.3 is 9.63 Å². The molecular weight excluding hydrogens is 291 g/mol. The molecule has 0 aliphatic carbocycles. The van der Waals surface area contributed by atoms with E-state index in [9.17, 15) is 9.50 Å². The van der Waals surface area contributed by atoms with Gasteiger partial charge in [0.1, 0.15) is 5.82 Å². The van der Waals surface area contributed by atoms with Crippen LogP contribution in [0.1, 0.15) is 12.8 Å². The number of benzene rings is 1. The Hall–Kier alpha value is -1.27. The monoisotopic (exact) mass is 300 g/mol. The number of hydrogen-bond donors (Lipinski definition) is 1. The molecule has 0 spiro atoms. The van der Waals surface area contributed by atoms with Gasteiger partial charge in [-0.2, -0.15) is 4.98 Å². The summed E-state index contributed by atoms with van der Waals surface area (Å²) in [5.41, 5.74) is 0.645. The number of hydrogen-bond acceptors (Lipinski definition) is 4. The van der Waals surface area contributed by atoms with Gasteiger partial charge in [-0.25, -0.2) is 4.39 Å². The highest BCUT2D eigenvalue weighted by molar-refractivity contribution is 9.10. The number of halogens is 2. The molecule has 0 aliphatic rings. The van der Waals surface area contributed by atoms with Crippen LogP contribution in [0.4, 0.5) is 4.39 Å². The maximum Gasteiger partial charge on any atom is 0.229 e. The van der Waals surface area contributed by atoms with Crippen molar-refractivity contribution in [1.29, 1.82) is 0 Å². The molecule has 1 aromatic carbocycles. The van der Waals surface area contributed by atoms with Crippen molar-refractivity contribution < 1.29 is 14.0 Å². The van der Waals surface area contributed by atoms with Crippen LogP contribution in [0.3, 0.4) is 0 Å². The van der Waals surface area contributed by atoms with Gasteiger partial charge in [-0.1, -0.05) is 5.16 Å². The number of aromatic nitrogens is 2. The van der Waals surface area contributed by atoms with Gasteiger partial charge in [0, 0.05) is 10.0 Å². The molecule has 1 aromatic heterocycles. The SMILES string of the molecule is CC(O)Cc1nc(-c2ccc(F)cc2Br)no1. The molecule has 0 saturated carbocycles. The summed E-state index contributed by atoms with van der Waals surface area (Å²) in [6, 6.07) is 4.22. The first-order valence-electron chi connectivity index (χ1n) is 5.02. The summed E-state index contributed by atoms with van der Waals surface area (Å²) in [7, 11) is 0. The van der Waals surface area contributed by atoms with E-state index in [4.69, 9.17) is 4.52 Å². The Morgan fingerprint density at radius 1 is 1.53 bits per heavy atom. The lowest BCUT2D eigenvalue weighted by Gasteiger charge is -1.98. The first-order valence-corrected chi connectivity index (χ1v) is 5.81. The molecule has 17 heavy (non-hydrogen) atoms. The summed E-state index contributed by atoms with van der Waals surface area (Å²) in [5.74, 6) is 0.382. The van der Waals surface area contributed by atoms with E-state index < -0.39 is 6.10 Å². The summed E-state index contributed by atoms with van der Waals surface area (Å²) in [6.45, 7) is 1.64. The first kappa shape index (κ1) is 12.2. The van der Waals surface area contributed by atoms with Crippen molar-refractivity contribution in [2.45, 2.75) is 19.4 Å². The van der Waals surface area contributed by atoms with Gasteiger partial charge in [-0.3, -0.25) is 0 Å². The standard InChI is InChI=1S/C11H10BrFN2O2/c1-6(16)4-10-14-11(15-17-10)8-3-2-7(13)5-9(8)12/h2-3,5-6,16H,4H2,1H3. The lowest BCUT2D eigenvalue weighted by atomic mass is 10.2. The van der Waals surface area contributed by atoms with Gasteiger partial charge in [0.05, 0.1) is 12.5 Å². The summed E-state index contributed by atoms with van der Waals surface area (Å²) in [5, 5.41) is 13.0. The van der Waals surface area contributed by atoms with Crippen LogP contribution in [0.25, 0.3) is 11.4 Å². The molecule has 1 heterocycles. The predicted molar refractivity (Wildman–Crippen MR) is 62.8 cm³/mol. The van der Waals surface area contributed by atoms with Crippen molar-refractivity contribution >= 4 is 15.9 Å². The number of aliphatic hydroxyl groups excluding tert-OH is 1. The highest BCUT2D eigenvalue weighted by Crippen LogP contribution is 2.26. The third-order valence-electron chi connectivity index (χ3n) is 2.11. The fourth-order valence-corrected chi connectivity index (χ4v) is 1.90. The highest BCUT2D eigenvalue weighted by Gasteiger charge is 2.13. The molecule has 1 unspecified atom stereocenters. The Morgan fingerprint density at radius 2 is 2.29 bits per heavy atom. The van der Waals surface area contributed by atoms with Gasteiger partial charge >= 0.3 is 0 Å². The zero-order valence-electron chi connectivity index (χ0n) is 9.02. The minimum atomic E-state index is -0.542. The molecule has 0 saturated heterocycles. The molecule has 0 fully saturated rings. The van der Waals surface area contributed by atoms with Crippen LogP contribution in [0.2, 0.25) is 0 Å². The molecule has 0 aliphatic heterocycles. The largest absolute Gasteiger partial charge is 0.393 e. The minimum absolute atomic E-state index is 0.297. The summed E-state index contributed by atoms with van der Waals surface area (Å²) < 4.78 is 18.4. The van der Waals surface area contributed by atoms with Crippen molar-refractivity contribution in [3.05, 3.63) is 34.4 Å². The molecule has 1 N–H and O–H groups in total. The highest BCUT2D eigenvalue weighted by atomic mass is 79.9. The Morgan fingerprint density at radius 3 is 2.94 bits per heavy atom. The first-order chi connectivity index (χ1) is 8.06. The van der Waals surface area contributed by atoms with Crippen molar-refractivity contribution in [2.24, 2.45) is 0 Å². The van der Waals surface area contributed by atoms with Gasteiger partial charge in [-0.15, -0.1) is 0 Å². The molecule has 4 nitrogen and oxygen atoms in total. The fraction of sp³-hybridized carbons (Fsp3) is 0.273. The van der Waals surface area contributed by atoms with E-state index in [0.29, 0.717) is 28.2 Å². The number of rotatable bonds is 3. The van der Waals surface area contributed by atoms with Crippen LogP contribution in [-0.2, 0) is 6.42 Å². The van der Waals surface area contributed by atoms with Crippen LogP contribution in [0, 0.1) is 5.82 Å². The normalized spacial score (nSPS) is 12.7. The van der Waals surface area contributed by atoms with Crippen LogP contribution in [0.15, 0.2) is 27.2 Å². The maximum absolute atomic E-state index is 12.9. The quantitative estimate of drug-likeness (QED) is 0.946.